The molecule has 0 saturated heterocycles. The van der Waals surface area contributed by atoms with E-state index < -0.39 is 0 Å². The van der Waals surface area contributed by atoms with Crippen LogP contribution in [0.15, 0.2) is 24.3 Å². The minimum Gasteiger partial charge on any atom is -0.269 e. The number of amidine groups is 1. The van der Waals surface area contributed by atoms with Crippen LogP contribution < -0.4 is 10.3 Å². The largest absolute Gasteiger partial charge is 0.304 e. The first-order valence-electron chi connectivity index (χ1n) is 5.07. The van der Waals surface area contributed by atoms with Gasteiger partial charge < -0.3 is 0 Å². The lowest BCUT2D eigenvalue weighted by molar-refractivity contribution is -0.460. The smallest absolute Gasteiger partial charge is 0.269 e. The van der Waals surface area contributed by atoms with Gasteiger partial charge in [-0.1, -0.05) is 29.8 Å². The van der Waals surface area contributed by atoms with Crippen LogP contribution in [0.25, 0.3) is 0 Å². The highest BCUT2D eigenvalue weighted by molar-refractivity contribution is 8.12. The molecule has 0 fully saturated rings. The maximum absolute atomic E-state index is 6.08. The van der Waals surface area contributed by atoms with Gasteiger partial charge >= 0.3 is 5.17 Å². The molecule has 1 aromatic rings. The van der Waals surface area contributed by atoms with Crippen molar-refractivity contribution in [3.05, 3.63) is 34.9 Å². The normalized spacial score (nSPS) is 15.7. The number of nitrogens with one attached hydrogen (secondary N) is 2. The third-order valence-electron chi connectivity index (χ3n) is 2.25. The van der Waals surface area contributed by atoms with Crippen LogP contribution in [0.2, 0.25) is 5.02 Å². The molecular formula is C11H14ClN2S+. The molecule has 0 spiro atoms. The van der Waals surface area contributed by atoms with Crippen LogP contribution in [0, 0.1) is 0 Å². The topological polar surface area (TPSA) is 26.0 Å². The third kappa shape index (κ3) is 3.14. The van der Waals surface area contributed by atoms with Crippen LogP contribution in [-0.4, -0.2) is 18.3 Å². The van der Waals surface area contributed by atoms with E-state index in [2.05, 4.69) is 16.4 Å². The quantitative estimate of drug-likeness (QED) is 0.808. The van der Waals surface area contributed by atoms with Gasteiger partial charge in [0.1, 0.15) is 0 Å². The van der Waals surface area contributed by atoms with Crippen molar-refractivity contribution in [3.8, 4) is 0 Å². The molecule has 15 heavy (non-hydrogen) atoms. The summed E-state index contributed by atoms with van der Waals surface area (Å²) in [6.45, 7) is 2.13. The van der Waals surface area contributed by atoms with Crippen LogP contribution in [0.4, 0.5) is 0 Å². The monoisotopic (exact) mass is 241 g/mol. The third-order valence-corrected chi connectivity index (χ3v) is 3.66. The summed E-state index contributed by atoms with van der Waals surface area (Å²) in [5.74, 6) is 0.912. The van der Waals surface area contributed by atoms with E-state index in [0.29, 0.717) is 0 Å². The Morgan fingerprint density at radius 2 is 2.27 bits per heavy atom. The highest BCUT2D eigenvalue weighted by Crippen LogP contribution is 2.20. The first-order valence-corrected chi connectivity index (χ1v) is 6.43. The minimum atomic E-state index is 0.849. The predicted molar refractivity (Wildman–Crippen MR) is 66.2 cm³/mol. The van der Waals surface area contributed by atoms with E-state index in [4.69, 9.17) is 11.6 Å². The molecule has 80 valence electrons. The Hall–Kier alpha value is -0.670. The molecule has 2 rings (SSSR count). The lowest BCUT2D eigenvalue weighted by Crippen LogP contribution is -2.78. The second kappa shape index (κ2) is 5.42. The van der Waals surface area contributed by atoms with E-state index in [9.17, 15) is 0 Å². The van der Waals surface area contributed by atoms with Crippen LogP contribution >= 0.6 is 23.4 Å². The highest BCUT2D eigenvalue weighted by atomic mass is 35.5. The Morgan fingerprint density at radius 1 is 1.40 bits per heavy atom. The molecule has 2 nitrogen and oxygen atoms in total. The molecule has 0 bridgehead atoms. The standard InChI is InChI=1S/C11H13ClN2S/c12-10-5-2-1-4-9(10)8-15-11-13-6-3-7-14-11/h1-2,4-5H,3,6-8H2,(H,13,14)/p+1. The van der Waals surface area contributed by atoms with Gasteiger partial charge in [0.2, 0.25) is 0 Å². The van der Waals surface area contributed by atoms with E-state index in [1.54, 1.807) is 11.8 Å². The van der Waals surface area contributed by atoms with Crippen molar-refractivity contribution >= 4 is 28.5 Å². The van der Waals surface area contributed by atoms with Gasteiger partial charge in [-0.2, -0.15) is 0 Å². The number of benzene rings is 1. The van der Waals surface area contributed by atoms with Gasteiger partial charge in [-0.25, -0.2) is 0 Å². The number of halogens is 1. The van der Waals surface area contributed by atoms with Gasteiger partial charge in [-0.15, -0.1) is 0 Å². The fourth-order valence-electron chi connectivity index (χ4n) is 1.42. The lowest BCUT2D eigenvalue weighted by atomic mass is 10.2. The van der Waals surface area contributed by atoms with Gasteiger partial charge in [0.15, 0.2) is 0 Å². The number of thioether (sulfide) groups is 1. The van der Waals surface area contributed by atoms with Gasteiger partial charge in [0.05, 0.1) is 13.1 Å². The van der Waals surface area contributed by atoms with Gasteiger partial charge in [0.25, 0.3) is 0 Å². The van der Waals surface area contributed by atoms with Crippen molar-refractivity contribution in [3.63, 3.8) is 0 Å². The fraction of sp³-hybridized carbons (Fsp3) is 0.364. The van der Waals surface area contributed by atoms with Crippen LogP contribution in [0.5, 0.6) is 0 Å². The molecule has 0 aromatic heterocycles. The van der Waals surface area contributed by atoms with Crippen molar-refractivity contribution in [2.75, 3.05) is 13.1 Å². The molecule has 1 aliphatic heterocycles. The van der Waals surface area contributed by atoms with E-state index in [-0.39, 0.29) is 0 Å². The Kier molecular flexibility index (Phi) is 3.92. The zero-order chi connectivity index (χ0) is 10.5. The average Bonchev–Trinajstić information content (AvgIpc) is 2.29. The summed E-state index contributed by atoms with van der Waals surface area (Å²) in [6.07, 6.45) is 1.19. The molecule has 0 saturated carbocycles. The number of rotatable bonds is 2. The summed E-state index contributed by atoms with van der Waals surface area (Å²) in [7, 11) is 0. The minimum absolute atomic E-state index is 0.849. The van der Waals surface area contributed by atoms with Crippen LogP contribution in [-0.2, 0) is 5.75 Å². The van der Waals surface area contributed by atoms with Gasteiger partial charge in [0, 0.05) is 17.2 Å². The Balaban J connectivity index is 1.93. The van der Waals surface area contributed by atoms with Gasteiger partial charge in [-0.05, 0) is 23.4 Å². The van der Waals surface area contributed by atoms with E-state index in [1.165, 1.54) is 17.2 Å². The second-order valence-corrected chi connectivity index (χ2v) is 4.81. The predicted octanol–water partition coefficient (Wildman–Crippen LogP) is 1.00. The van der Waals surface area contributed by atoms with E-state index in [0.717, 1.165) is 23.9 Å². The summed E-state index contributed by atoms with van der Waals surface area (Å²) >= 11 is 7.85. The Morgan fingerprint density at radius 3 is 3.00 bits per heavy atom. The molecule has 2 N–H and O–H groups in total. The van der Waals surface area contributed by atoms with Gasteiger partial charge in [-0.3, -0.25) is 10.3 Å². The summed E-state index contributed by atoms with van der Waals surface area (Å²) < 4.78 is 0. The molecule has 0 radical (unpaired) electrons. The average molecular weight is 242 g/mol. The number of hydrogen-bond acceptors (Lipinski definition) is 2. The Labute approximate surface area is 99.1 Å². The lowest BCUT2D eigenvalue weighted by Gasteiger charge is -2.07. The molecule has 0 atom stereocenters. The maximum atomic E-state index is 6.08. The molecule has 0 amide bonds. The molecular weight excluding hydrogens is 228 g/mol. The molecule has 4 heteroatoms. The van der Waals surface area contributed by atoms with Crippen molar-refractivity contribution in [2.24, 2.45) is 0 Å². The van der Waals surface area contributed by atoms with Crippen molar-refractivity contribution in [1.29, 1.82) is 0 Å². The Bertz CT molecular complexity index is 365. The zero-order valence-electron chi connectivity index (χ0n) is 8.42. The van der Waals surface area contributed by atoms with Crippen molar-refractivity contribution < 1.29 is 4.99 Å². The highest BCUT2D eigenvalue weighted by Gasteiger charge is 2.11. The summed E-state index contributed by atoms with van der Waals surface area (Å²) in [4.78, 5) is 3.33. The molecule has 1 aromatic carbocycles. The molecule has 0 unspecified atom stereocenters. The first kappa shape index (κ1) is 10.8. The number of hydrogen-bond donors (Lipinski definition) is 2. The zero-order valence-corrected chi connectivity index (χ0v) is 10.00. The fourth-order valence-corrected chi connectivity index (χ4v) is 2.66. The summed E-state index contributed by atoms with van der Waals surface area (Å²) in [5.41, 5.74) is 1.19. The summed E-state index contributed by atoms with van der Waals surface area (Å²) in [6, 6.07) is 7.98. The van der Waals surface area contributed by atoms with Crippen molar-refractivity contribution in [2.45, 2.75) is 12.2 Å². The second-order valence-electron chi connectivity index (χ2n) is 3.42. The van der Waals surface area contributed by atoms with Crippen molar-refractivity contribution in [1.82, 2.24) is 5.32 Å². The van der Waals surface area contributed by atoms with E-state index >= 15 is 0 Å². The SMILES string of the molecule is Clc1ccccc1CSC1=[NH+]CCCN1. The van der Waals surface area contributed by atoms with E-state index in [1.807, 2.05) is 18.2 Å². The summed E-state index contributed by atoms with van der Waals surface area (Å²) in [5, 5.41) is 5.35. The first-order chi connectivity index (χ1) is 7.36. The molecule has 1 heterocycles. The molecule has 1 aliphatic rings. The van der Waals surface area contributed by atoms with Crippen LogP contribution in [0.3, 0.4) is 0 Å². The maximum Gasteiger partial charge on any atom is 0.304 e. The molecule has 0 aliphatic carbocycles. The van der Waals surface area contributed by atoms with Crippen LogP contribution in [0.1, 0.15) is 12.0 Å².